The van der Waals surface area contributed by atoms with Crippen molar-refractivity contribution in [2.45, 2.75) is 25.3 Å². The maximum absolute atomic E-state index is 13.0. The molecule has 0 saturated carbocycles. The van der Waals surface area contributed by atoms with E-state index in [0.29, 0.717) is 23.6 Å². The van der Waals surface area contributed by atoms with E-state index in [2.05, 4.69) is 29.6 Å². The number of nitrogens with one attached hydrogen (secondary N) is 1. The standard InChI is InChI=1S/C26H26N2O2/c29-25(27-19-20-8-3-1-4-9-20)23-12-7-13-24(18-23)26(30)28-16-14-22(15-17-28)21-10-5-2-6-11-21/h1-13,18,22H,14-17,19H2,(H,27,29). The molecule has 0 spiro atoms. The van der Waals surface area contributed by atoms with Crippen molar-refractivity contribution in [1.82, 2.24) is 10.2 Å². The van der Waals surface area contributed by atoms with E-state index >= 15 is 0 Å². The van der Waals surface area contributed by atoms with Gasteiger partial charge in [-0.1, -0.05) is 66.7 Å². The lowest BCUT2D eigenvalue weighted by Gasteiger charge is -2.32. The molecular weight excluding hydrogens is 372 g/mol. The van der Waals surface area contributed by atoms with Crippen LogP contribution in [0.5, 0.6) is 0 Å². The van der Waals surface area contributed by atoms with Crippen LogP contribution in [0.2, 0.25) is 0 Å². The second-order valence-electron chi connectivity index (χ2n) is 7.73. The normalized spacial score (nSPS) is 14.3. The summed E-state index contributed by atoms with van der Waals surface area (Å²) in [4.78, 5) is 27.4. The Morgan fingerprint density at radius 2 is 1.43 bits per heavy atom. The largest absolute Gasteiger partial charge is 0.348 e. The van der Waals surface area contributed by atoms with E-state index in [0.717, 1.165) is 31.5 Å². The van der Waals surface area contributed by atoms with E-state index in [-0.39, 0.29) is 11.8 Å². The fourth-order valence-electron chi connectivity index (χ4n) is 4.00. The van der Waals surface area contributed by atoms with Crippen molar-refractivity contribution in [3.05, 3.63) is 107 Å². The molecule has 1 heterocycles. The van der Waals surface area contributed by atoms with Crippen molar-refractivity contribution in [3.63, 3.8) is 0 Å². The zero-order chi connectivity index (χ0) is 20.8. The molecule has 30 heavy (non-hydrogen) atoms. The number of nitrogens with zero attached hydrogens (tertiary/aromatic N) is 1. The van der Waals surface area contributed by atoms with Crippen molar-refractivity contribution in [1.29, 1.82) is 0 Å². The lowest BCUT2D eigenvalue weighted by molar-refractivity contribution is 0.0713. The van der Waals surface area contributed by atoms with Gasteiger partial charge in [0.2, 0.25) is 0 Å². The van der Waals surface area contributed by atoms with Crippen LogP contribution in [0.3, 0.4) is 0 Å². The Balaban J connectivity index is 1.36. The monoisotopic (exact) mass is 398 g/mol. The van der Waals surface area contributed by atoms with Crippen LogP contribution < -0.4 is 5.32 Å². The quantitative estimate of drug-likeness (QED) is 0.681. The smallest absolute Gasteiger partial charge is 0.253 e. The van der Waals surface area contributed by atoms with Gasteiger partial charge in [-0.3, -0.25) is 9.59 Å². The number of piperidine rings is 1. The zero-order valence-corrected chi connectivity index (χ0v) is 17.0. The third-order valence-electron chi connectivity index (χ3n) is 5.72. The van der Waals surface area contributed by atoms with Gasteiger partial charge in [-0.25, -0.2) is 0 Å². The van der Waals surface area contributed by atoms with E-state index < -0.39 is 0 Å². The van der Waals surface area contributed by atoms with E-state index in [1.54, 1.807) is 24.3 Å². The maximum atomic E-state index is 13.0. The highest BCUT2D eigenvalue weighted by Crippen LogP contribution is 2.28. The van der Waals surface area contributed by atoms with Crippen molar-refractivity contribution in [3.8, 4) is 0 Å². The number of rotatable bonds is 5. The van der Waals surface area contributed by atoms with Gasteiger partial charge < -0.3 is 10.2 Å². The molecule has 0 bridgehead atoms. The van der Waals surface area contributed by atoms with Crippen molar-refractivity contribution in [2.75, 3.05) is 13.1 Å². The molecule has 0 aliphatic carbocycles. The van der Waals surface area contributed by atoms with Crippen molar-refractivity contribution >= 4 is 11.8 Å². The Kier molecular flexibility index (Phi) is 6.23. The topological polar surface area (TPSA) is 49.4 Å². The molecule has 2 amide bonds. The molecule has 1 aliphatic rings. The van der Waals surface area contributed by atoms with E-state index in [4.69, 9.17) is 0 Å². The summed E-state index contributed by atoms with van der Waals surface area (Å²) in [5.41, 5.74) is 3.47. The number of amides is 2. The summed E-state index contributed by atoms with van der Waals surface area (Å²) in [7, 11) is 0. The highest BCUT2D eigenvalue weighted by atomic mass is 16.2. The van der Waals surface area contributed by atoms with Gasteiger partial charge in [-0.05, 0) is 48.1 Å². The first-order valence-corrected chi connectivity index (χ1v) is 10.5. The summed E-state index contributed by atoms with van der Waals surface area (Å²) < 4.78 is 0. The molecule has 4 heteroatoms. The van der Waals surface area contributed by atoms with Gasteiger partial charge in [0.05, 0.1) is 0 Å². The summed E-state index contributed by atoms with van der Waals surface area (Å²) in [5, 5.41) is 2.92. The average Bonchev–Trinajstić information content (AvgIpc) is 2.83. The van der Waals surface area contributed by atoms with Crippen LogP contribution in [0.1, 0.15) is 50.6 Å². The van der Waals surface area contributed by atoms with Crippen LogP contribution in [-0.2, 0) is 6.54 Å². The number of carbonyl (C=O) groups is 2. The highest BCUT2D eigenvalue weighted by molar-refractivity contribution is 5.99. The molecule has 1 fully saturated rings. The predicted octanol–water partition coefficient (Wildman–Crippen LogP) is 4.64. The van der Waals surface area contributed by atoms with Crippen molar-refractivity contribution in [2.24, 2.45) is 0 Å². The first kappa shape index (κ1) is 19.9. The van der Waals surface area contributed by atoms with Crippen molar-refractivity contribution < 1.29 is 9.59 Å². The first-order valence-electron chi connectivity index (χ1n) is 10.5. The molecule has 1 aliphatic heterocycles. The molecule has 1 N–H and O–H groups in total. The fourth-order valence-corrected chi connectivity index (χ4v) is 4.00. The van der Waals surface area contributed by atoms with Gasteiger partial charge in [0.25, 0.3) is 11.8 Å². The summed E-state index contributed by atoms with van der Waals surface area (Å²) in [6.07, 6.45) is 1.93. The number of hydrogen-bond acceptors (Lipinski definition) is 2. The van der Waals surface area contributed by atoms with Crippen LogP contribution in [0, 0.1) is 0 Å². The summed E-state index contributed by atoms with van der Waals surface area (Å²) in [5.74, 6) is 0.334. The number of likely N-dealkylation sites (tertiary alicyclic amines) is 1. The molecule has 152 valence electrons. The Morgan fingerprint density at radius 1 is 0.800 bits per heavy atom. The number of carbonyl (C=O) groups excluding carboxylic acids is 2. The fraction of sp³-hybridized carbons (Fsp3) is 0.231. The van der Waals surface area contributed by atoms with Gasteiger partial charge in [-0.2, -0.15) is 0 Å². The Hall–Kier alpha value is -3.40. The van der Waals surface area contributed by atoms with Gasteiger partial charge >= 0.3 is 0 Å². The minimum Gasteiger partial charge on any atom is -0.348 e. The molecule has 1 saturated heterocycles. The molecule has 4 nitrogen and oxygen atoms in total. The van der Waals surface area contributed by atoms with Crippen LogP contribution in [0.25, 0.3) is 0 Å². The average molecular weight is 399 g/mol. The summed E-state index contributed by atoms with van der Waals surface area (Å²) in [6, 6.07) is 27.3. The SMILES string of the molecule is O=C(NCc1ccccc1)c1cccc(C(=O)N2CCC(c3ccccc3)CC2)c1. The summed E-state index contributed by atoms with van der Waals surface area (Å²) >= 11 is 0. The Bertz CT molecular complexity index is 994. The van der Waals surface area contributed by atoms with Gasteiger partial charge in [0.15, 0.2) is 0 Å². The molecule has 0 atom stereocenters. The lowest BCUT2D eigenvalue weighted by atomic mass is 9.89. The molecule has 0 aromatic heterocycles. The van der Waals surface area contributed by atoms with Crippen LogP contribution in [0.4, 0.5) is 0 Å². The molecular formula is C26H26N2O2. The summed E-state index contributed by atoms with van der Waals surface area (Å²) in [6.45, 7) is 1.94. The maximum Gasteiger partial charge on any atom is 0.253 e. The third-order valence-corrected chi connectivity index (χ3v) is 5.72. The predicted molar refractivity (Wildman–Crippen MR) is 118 cm³/mol. The third kappa shape index (κ3) is 4.77. The van der Waals surface area contributed by atoms with Crippen LogP contribution in [-0.4, -0.2) is 29.8 Å². The van der Waals surface area contributed by atoms with Gasteiger partial charge in [0.1, 0.15) is 0 Å². The van der Waals surface area contributed by atoms with E-state index in [1.165, 1.54) is 5.56 Å². The number of hydrogen-bond donors (Lipinski definition) is 1. The molecule has 0 unspecified atom stereocenters. The van der Waals surface area contributed by atoms with Crippen LogP contribution >= 0.6 is 0 Å². The molecule has 3 aromatic rings. The van der Waals surface area contributed by atoms with Crippen LogP contribution in [0.15, 0.2) is 84.9 Å². The van der Waals surface area contributed by atoms with E-state index in [1.807, 2.05) is 41.3 Å². The van der Waals surface area contributed by atoms with Gasteiger partial charge in [0, 0.05) is 30.8 Å². The molecule has 4 rings (SSSR count). The molecule has 3 aromatic carbocycles. The number of benzene rings is 3. The van der Waals surface area contributed by atoms with Gasteiger partial charge in [-0.15, -0.1) is 0 Å². The minimum absolute atomic E-state index is 0.000721. The first-order chi connectivity index (χ1) is 14.7. The zero-order valence-electron chi connectivity index (χ0n) is 17.0. The lowest BCUT2D eigenvalue weighted by Crippen LogP contribution is -2.38. The Morgan fingerprint density at radius 3 is 2.13 bits per heavy atom. The minimum atomic E-state index is -0.170. The second kappa shape index (κ2) is 9.40. The molecule has 0 radical (unpaired) electrons. The highest BCUT2D eigenvalue weighted by Gasteiger charge is 2.24. The second-order valence-corrected chi connectivity index (χ2v) is 7.73. The van der Waals surface area contributed by atoms with E-state index in [9.17, 15) is 9.59 Å². The Labute approximate surface area is 177 Å².